The third-order valence-electron chi connectivity index (χ3n) is 1.78. The Morgan fingerprint density at radius 3 is 2.94 bits per heavy atom. The molecule has 16 heavy (non-hydrogen) atoms. The fourth-order valence-electron chi connectivity index (χ4n) is 0.974. The average Bonchev–Trinajstić information content (AvgIpc) is 2.31. The molecule has 0 spiro atoms. The summed E-state index contributed by atoms with van der Waals surface area (Å²) in [5.41, 5.74) is 0.423. The molecule has 0 saturated heterocycles. The summed E-state index contributed by atoms with van der Waals surface area (Å²) in [4.78, 5) is 10.7. The van der Waals surface area contributed by atoms with E-state index in [0.717, 1.165) is 0 Å². The Bertz CT molecular complexity index is 506. The van der Waals surface area contributed by atoms with Gasteiger partial charge in [-0.05, 0) is 18.2 Å². The lowest BCUT2D eigenvalue weighted by molar-refractivity contribution is -0.139. The minimum Gasteiger partial charge on any atom is -0.468 e. The second-order valence-electron chi connectivity index (χ2n) is 2.86. The predicted molar refractivity (Wildman–Crippen MR) is 54.6 cm³/mol. The predicted octanol–water partition coefficient (Wildman–Crippen LogP) is 1.61. The molecule has 3 nitrogen and oxygen atoms in total. The van der Waals surface area contributed by atoms with Crippen LogP contribution in [-0.2, 0) is 9.53 Å². The Morgan fingerprint density at radius 2 is 2.31 bits per heavy atom. The lowest BCUT2D eigenvalue weighted by Crippen LogP contribution is -1.97. The van der Waals surface area contributed by atoms with Crippen molar-refractivity contribution >= 4 is 5.97 Å². The van der Waals surface area contributed by atoms with Gasteiger partial charge in [-0.1, -0.05) is 11.8 Å². The number of benzene rings is 1. The van der Waals surface area contributed by atoms with Crippen LogP contribution in [0.1, 0.15) is 17.5 Å². The van der Waals surface area contributed by atoms with Crippen LogP contribution in [0.3, 0.4) is 0 Å². The van der Waals surface area contributed by atoms with Crippen molar-refractivity contribution in [2.75, 3.05) is 7.11 Å². The Morgan fingerprint density at radius 1 is 1.56 bits per heavy atom. The molecule has 0 N–H and O–H groups in total. The summed E-state index contributed by atoms with van der Waals surface area (Å²) in [6.45, 7) is 0. The smallest absolute Gasteiger partial charge is 0.317 e. The number of methoxy groups -OCH3 is 1. The SMILES string of the molecule is COC(=O)CC#Cc1cc(C#N)ccc1F. The Hall–Kier alpha value is -2.33. The molecule has 0 atom stereocenters. The molecule has 0 saturated carbocycles. The second kappa shape index (κ2) is 5.53. The quantitative estimate of drug-likeness (QED) is 0.530. The number of carbonyl (C=O) groups excluding carboxylic acids is 1. The van der Waals surface area contributed by atoms with E-state index in [-0.39, 0.29) is 12.0 Å². The number of nitrogens with zero attached hydrogens (tertiary/aromatic N) is 1. The van der Waals surface area contributed by atoms with Crippen LogP contribution < -0.4 is 0 Å². The van der Waals surface area contributed by atoms with E-state index >= 15 is 0 Å². The van der Waals surface area contributed by atoms with Gasteiger partial charge in [0.25, 0.3) is 0 Å². The van der Waals surface area contributed by atoms with Crippen LogP contribution >= 0.6 is 0 Å². The first-order valence-electron chi connectivity index (χ1n) is 4.42. The number of hydrogen-bond acceptors (Lipinski definition) is 3. The summed E-state index contributed by atoms with van der Waals surface area (Å²) in [6.07, 6.45) is -0.104. The number of rotatable bonds is 1. The van der Waals surface area contributed by atoms with Crippen LogP contribution in [0.2, 0.25) is 0 Å². The molecule has 0 radical (unpaired) electrons. The van der Waals surface area contributed by atoms with Gasteiger partial charge in [0.1, 0.15) is 12.2 Å². The summed E-state index contributed by atoms with van der Waals surface area (Å²) in [7, 11) is 1.25. The number of carbonyl (C=O) groups is 1. The van der Waals surface area contributed by atoms with E-state index in [0.29, 0.717) is 5.56 Å². The molecule has 0 amide bonds. The number of hydrogen-bond donors (Lipinski definition) is 0. The standard InChI is InChI=1S/C12H8FNO2/c1-16-12(15)4-2-3-10-7-9(8-14)5-6-11(10)13/h5-7H,4H2,1H3. The van der Waals surface area contributed by atoms with E-state index in [1.807, 2.05) is 6.07 Å². The molecule has 0 unspecified atom stereocenters. The summed E-state index contributed by atoms with van der Waals surface area (Å²) >= 11 is 0. The van der Waals surface area contributed by atoms with E-state index in [2.05, 4.69) is 16.6 Å². The van der Waals surface area contributed by atoms with Crippen LogP contribution in [0.25, 0.3) is 0 Å². The first-order chi connectivity index (χ1) is 7.67. The fraction of sp³-hybridized carbons (Fsp3) is 0.167. The van der Waals surface area contributed by atoms with Gasteiger partial charge < -0.3 is 4.74 Å². The molecule has 1 aromatic rings. The highest BCUT2D eigenvalue weighted by atomic mass is 19.1. The molecule has 0 aliphatic carbocycles. The summed E-state index contributed by atoms with van der Waals surface area (Å²) < 4.78 is 17.6. The first kappa shape index (κ1) is 11.7. The van der Waals surface area contributed by atoms with Gasteiger partial charge in [0, 0.05) is 0 Å². The summed E-state index contributed by atoms with van der Waals surface area (Å²) in [6, 6.07) is 5.74. The van der Waals surface area contributed by atoms with Gasteiger partial charge in [-0.2, -0.15) is 5.26 Å². The largest absolute Gasteiger partial charge is 0.468 e. The fourth-order valence-corrected chi connectivity index (χ4v) is 0.974. The Kier molecular flexibility index (Phi) is 4.06. The van der Waals surface area contributed by atoms with Gasteiger partial charge in [-0.25, -0.2) is 4.39 Å². The highest BCUT2D eigenvalue weighted by Gasteiger charge is 2.00. The van der Waals surface area contributed by atoms with Crippen LogP contribution in [-0.4, -0.2) is 13.1 Å². The molecular weight excluding hydrogens is 209 g/mol. The molecular formula is C12H8FNO2. The average molecular weight is 217 g/mol. The van der Waals surface area contributed by atoms with E-state index < -0.39 is 11.8 Å². The number of nitriles is 1. The zero-order chi connectivity index (χ0) is 12.0. The molecule has 0 aromatic heterocycles. The van der Waals surface area contributed by atoms with Crippen molar-refractivity contribution in [3.8, 4) is 17.9 Å². The highest BCUT2D eigenvalue weighted by molar-refractivity contribution is 5.72. The van der Waals surface area contributed by atoms with E-state index in [9.17, 15) is 9.18 Å². The minimum absolute atomic E-state index is 0.1000. The molecule has 80 valence electrons. The normalized spacial score (nSPS) is 8.56. The zero-order valence-corrected chi connectivity index (χ0v) is 8.58. The van der Waals surface area contributed by atoms with E-state index in [4.69, 9.17) is 5.26 Å². The van der Waals surface area contributed by atoms with Gasteiger partial charge in [0.05, 0.1) is 24.3 Å². The molecule has 1 rings (SSSR count). The Labute approximate surface area is 92.5 Å². The second-order valence-corrected chi connectivity index (χ2v) is 2.86. The van der Waals surface area contributed by atoms with Crippen LogP contribution in [0.4, 0.5) is 4.39 Å². The molecule has 0 aliphatic heterocycles. The number of esters is 1. The highest BCUT2D eigenvalue weighted by Crippen LogP contribution is 2.08. The van der Waals surface area contributed by atoms with Gasteiger partial charge in [0.15, 0.2) is 0 Å². The van der Waals surface area contributed by atoms with Gasteiger partial charge in [0.2, 0.25) is 0 Å². The summed E-state index contributed by atoms with van der Waals surface area (Å²) in [5, 5.41) is 8.61. The zero-order valence-electron chi connectivity index (χ0n) is 8.58. The van der Waals surface area contributed by atoms with Gasteiger partial charge in [-0.15, -0.1) is 0 Å². The molecule has 0 aliphatic rings. The topological polar surface area (TPSA) is 50.1 Å². The Balaban J connectivity index is 2.88. The van der Waals surface area contributed by atoms with Crippen LogP contribution in [0.5, 0.6) is 0 Å². The van der Waals surface area contributed by atoms with Crippen molar-refractivity contribution in [3.05, 3.63) is 35.1 Å². The molecule has 0 fully saturated rings. The molecule has 0 bridgehead atoms. The third kappa shape index (κ3) is 3.11. The van der Waals surface area contributed by atoms with Crippen molar-refractivity contribution in [3.63, 3.8) is 0 Å². The van der Waals surface area contributed by atoms with Crippen molar-refractivity contribution in [1.82, 2.24) is 0 Å². The number of ether oxygens (including phenoxy) is 1. The van der Waals surface area contributed by atoms with E-state index in [1.54, 1.807) is 0 Å². The monoisotopic (exact) mass is 217 g/mol. The lowest BCUT2D eigenvalue weighted by atomic mass is 10.1. The van der Waals surface area contributed by atoms with Crippen molar-refractivity contribution in [2.45, 2.75) is 6.42 Å². The summed E-state index contributed by atoms with van der Waals surface area (Å²) in [5.74, 6) is 3.95. The van der Waals surface area contributed by atoms with Crippen LogP contribution in [0.15, 0.2) is 18.2 Å². The van der Waals surface area contributed by atoms with Crippen LogP contribution in [0, 0.1) is 29.0 Å². The third-order valence-corrected chi connectivity index (χ3v) is 1.78. The first-order valence-corrected chi connectivity index (χ1v) is 4.42. The maximum atomic E-state index is 13.2. The lowest BCUT2D eigenvalue weighted by Gasteiger charge is -1.94. The van der Waals surface area contributed by atoms with Crippen molar-refractivity contribution < 1.29 is 13.9 Å². The maximum Gasteiger partial charge on any atom is 0.317 e. The minimum atomic E-state index is -0.517. The van der Waals surface area contributed by atoms with Gasteiger partial charge >= 0.3 is 5.97 Å². The molecule has 4 heteroatoms. The molecule has 1 aromatic carbocycles. The van der Waals surface area contributed by atoms with Crippen molar-refractivity contribution in [2.24, 2.45) is 0 Å². The molecule has 0 heterocycles. The number of halogens is 1. The maximum absolute atomic E-state index is 13.2. The van der Waals surface area contributed by atoms with Gasteiger partial charge in [-0.3, -0.25) is 4.79 Å². The van der Waals surface area contributed by atoms with Crippen molar-refractivity contribution in [1.29, 1.82) is 5.26 Å². The van der Waals surface area contributed by atoms with E-state index in [1.165, 1.54) is 25.3 Å².